The molecule has 3 aromatic carbocycles. The van der Waals surface area contributed by atoms with Crippen molar-refractivity contribution in [2.75, 3.05) is 5.43 Å². The molecule has 4 rings (SSSR count). The van der Waals surface area contributed by atoms with Gasteiger partial charge in [-0.3, -0.25) is 15.5 Å². The zero-order valence-electron chi connectivity index (χ0n) is 16.9. The van der Waals surface area contributed by atoms with Crippen molar-refractivity contribution in [3.05, 3.63) is 106 Å². The van der Waals surface area contributed by atoms with E-state index in [2.05, 4.69) is 10.5 Å². The number of aromatic nitrogens is 1. The van der Waals surface area contributed by atoms with E-state index in [9.17, 15) is 27.7 Å². The highest BCUT2D eigenvalue weighted by molar-refractivity contribution is 5.99. The Labute approximate surface area is 184 Å². The van der Waals surface area contributed by atoms with Crippen LogP contribution in [-0.4, -0.2) is 15.7 Å². The fourth-order valence-electron chi connectivity index (χ4n) is 3.42. The Balaban J connectivity index is 1.61. The first kappa shape index (κ1) is 22.0. The molecule has 1 aromatic heterocycles. The lowest BCUT2D eigenvalue weighted by molar-refractivity contribution is -0.384. The Morgan fingerprint density at radius 3 is 2.48 bits per heavy atom. The molecule has 0 bridgehead atoms. The molecule has 0 atom stereocenters. The van der Waals surface area contributed by atoms with Gasteiger partial charge < -0.3 is 4.57 Å². The van der Waals surface area contributed by atoms with E-state index in [-0.39, 0.29) is 11.5 Å². The number of hydrogen-bond donors (Lipinski definition) is 1. The molecule has 1 N–H and O–H groups in total. The van der Waals surface area contributed by atoms with Crippen molar-refractivity contribution in [2.24, 2.45) is 5.10 Å². The predicted octanol–water partition coefficient (Wildman–Crippen LogP) is 6.20. The van der Waals surface area contributed by atoms with Crippen LogP contribution in [0.15, 0.2) is 78.0 Å². The third-order valence-corrected chi connectivity index (χ3v) is 5.00. The van der Waals surface area contributed by atoms with Gasteiger partial charge in [0, 0.05) is 35.3 Å². The number of alkyl halides is 3. The number of nitro groups is 1. The maximum absolute atomic E-state index is 13.2. The monoisotopic (exact) mass is 456 g/mol. The lowest BCUT2D eigenvalue weighted by atomic mass is 10.1. The number of benzene rings is 3. The second-order valence-electron chi connectivity index (χ2n) is 7.21. The Morgan fingerprint density at radius 1 is 1.06 bits per heavy atom. The van der Waals surface area contributed by atoms with Crippen LogP contribution >= 0.6 is 0 Å². The lowest BCUT2D eigenvalue weighted by Crippen LogP contribution is -2.06. The summed E-state index contributed by atoms with van der Waals surface area (Å²) in [5, 5.41) is 16.1. The average Bonchev–Trinajstić information content (AvgIpc) is 3.12. The van der Waals surface area contributed by atoms with Gasteiger partial charge in [-0.25, -0.2) is 4.39 Å². The molecule has 0 aliphatic heterocycles. The molecule has 0 amide bonds. The zero-order valence-corrected chi connectivity index (χ0v) is 16.9. The van der Waals surface area contributed by atoms with Gasteiger partial charge in [0.2, 0.25) is 0 Å². The molecule has 33 heavy (non-hydrogen) atoms. The van der Waals surface area contributed by atoms with Gasteiger partial charge in [-0.2, -0.15) is 18.3 Å². The fourth-order valence-corrected chi connectivity index (χ4v) is 3.42. The van der Waals surface area contributed by atoms with Crippen molar-refractivity contribution in [2.45, 2.75) is 12.7 Å². The van der Waals surface area contributed by atoms with Gasteiger partial charge in [-0.05, 0) is 35.9 Å². The van der Waals surface area contributed by atoms with Crippen molar-refractivity contribution >= 4 is 28.5 Å². The number of fused-ring (bicyclic) bond motifs is 1. The van der Waals surface area contributed by atoms with E-state index in [0.717, 1.165) is 28.6 Å². The van der Waals surface area contributed by atoms with E-state index in [1.54, 1.807) is 12.1 Å². The number of nitro benzene ring substituents is 1. The van der Waals surface area contributed by atoms with Crippen LogP contribution in [0, 0.1) is 15.9 Å². The van der Waals surface area contributed by atoms with Crippen LogP contribution in [-0.2, 0) is 12.7 Å². The lowest BCUT2D eigenvalue weighted by Gasteiger charge is -2.08. The topological polar surface area (TPSA) is 72.5 Å². The highest BCUT2D eigenvalue weighted by Crippen LogP contribution is 2.35. The summed E-state index contributed by atoms with van der Waals surface area (Å²) in [6, 6.07) is 15.8. The normalized spacial score (nSPS) is 11.9. The summed E-state index contributed by atoms with van der Waals surface area (Å²) in [7, 11) is 0. The number of hydrogen-bond acceptors (Lipinski definition) is 4. The van der Waals surface area contributed by atoms with Gasteiger partial charge in [0.15, 0.2) is 0 Å². The SMILES string of the molecule is O=[N+]([O-])c1cc(C(F)(F)F)ccc1N/N=C\c1cn(Cc2ccc(F)cc2)c2ccccc12. The molecule has 1 heterocycles. The average molecular weight is 456 g/mol. The van der Waals surface area contributed by atoms with Crippen molar-refractivity contribution < 1.29 is 22.5 Å². The molecule has 168 valence electrons. The van der Waals surface area contributed by atoms with Crippen molar-refractivity contribution in [1.82, 2.24) is 4.57 Å². The number of hydrazone groups is 1. The first-order valence-corrected chi connectivity index (χ1v) is 9.69. The number of rotatable bonds is 6. The molecule has 10 heteroatoms. The highest BCUT2D eigenvalue weighted by atomic mass is 19.4. The van der Waals surface area contributed by atoms with Crippen LogP contribution in [0.4, 0.5) is 28.9 Å². The van der Waals surface area contributed by atoms with Crippen LogP contribution in [0.5, 0.6) is 0 Å². The summed E-state index contributed by atoms with van der Waals surface area (Å²) >= 11 is 0. The van der Waals surface area contributed by atoms with Crippen LogP contribution in [0.25, 0.3) is 10.9 Å². The van der Waals surface area contributed by atoms with E-state index >= 15 is 0 Å². The zero-order chi connectivity index (χ0) is 23.6. The number of nitrogens with one attached hydrogen (secondary N) is 1. The maximum atomic E-state index is 13.2. The summed E-state index contributed by atoms with van der Waals surface area (Å²) in [4.78, 5) is 10.3. The van der Waals surface area contributed by atoms with E-state index in [4.69, 9.17) is 0 Å². The second-order valence-corrected chi connectivity index (χ2v) is 7.21. The quantitative estimate of drug-likeness (QED) is 0.162. The van der Waals surface area contributed by atoms with Crippen molar-refractivity contribution in [3.63, 3.8) is 0 Å². The number of nitrogens with zero attached hydrogens (tertiary/aromatic N) is 3. The highest BCUT2D eigenvalue weighted by Gasteiger charge is 2.33. The number of para-hydroxylation sites is 1. The third-order valence-electron chi connectivity index (χ3n) is 5.00. The summed E-state index contributed by atoms with van der Waals surface area (Å²) in [6.45, 7) is 0.479. The molecule has 6 nitrogen and oxygen atoms in total. The van der Waals surface area contributed by atoms with Gasteiger partial charge in [0.05, 0.1) is 16.7 Å². The number of anilines is 1. The molecular weight excluding hydrogens is 440 g/mol. The molecule has 0 spiro atoms. The van der Waals surface area contributed by atoms with Gasteiger partial charge in [0.1, 0.15) is 11.5 Å². The molecule has 0 saturated carbocycles. The minimum atomic E-state index is -4.70. The van der Waals surface area contributed by atoms with Crippen molar-refractivity contribution in [1.29, 1.82) is 0 Å². The van der Waals surface area contributed by atoms with Gasteiger partial charge in [0.25, 0.3) is 5.69 Å². The summed E-state index contributed by atoms with van der Waals surface area (Å²) in [5.41, 5.74) is 2.91. The molecule has 0 saturated heterocycles. The summed E-state index contributed by atoms with van der Waals surface area (Å²) < 4.78 is 53.7. The molecule has 0 fully saturated rings. The molecule has 4 aromatic rings. The van der Waals surface area contributed by atoms with Gasteiger partial charge in [-0.1, -0.05) is 30.3 Å². The molecule has 0 aliphatic rings. The van der Waals surface area contributed by atoms with Crippen LogP contribution < -0.4 is 5.43 Å². The van der Waals surface area contributed by atoms with Crippen LogP contribution in [0.1, 0.15) is 16.7 Å². The summed E-state index contributed by atoms with van der Waals surface area (Å²) in [5.74, 6) is -0.327. The number of halogens is 4. The van der Waals surface area contributed by atoms with Crippen molar-refractivity contribution in [3.8, 4) is 0 Å². The standard InChI is InChI=1S/C23H16F4N4O2/c24-18-8-5-15(6-9-18)13-30-14-16(19-3-1-2-4-21(19)30)12-28-29-20-10-7-17(23(25,26)27)11-22(20)31(32)33/h1-12,14,29H,13H2/b28-12-. The predicted molar refractivity (Wildman–Crippen MR) is 117 cm³/mol. The third kappa shape index (κ3) is 4.84. The van der Waals surface area contributed by atoms with Crippen LogP contribution in [0.3, 0.4) is 0 Å². The largest absolute Gasteiger partial charge is 0.416 e. The van der Waals surface area contributed by atoms with E-state index in [0.29, 0.717) is 18.2 Å². The van der Waals surface area contributed by atoms with Crippen LogP contribution in [0.2, 0.25) is 0 Å². The fraction of sp³-hybridized carbons (Fsp3) is 0.0870. The Bertz CT molecular complexity index is 1350. The summed E-state index contributed by atoms with van der Waals surface area (Å²) in [6.07, 6.45) is -1.44. The Kier molecular flexibility index (Phi) is 5.82. The first-order valence-electron chi connectivity index (χ1n) is 9.69. The van der Waals surface area contributed by atoms with E-state index in [1.807, 2.05) is 35.0 Å². The molecule has 0 aliphatic carbocycles. The minimum absolute atomic E-state index is 0.167. The van der Waals surface area contributed by atoms with Gasteiger partial charge >= 0.3 is 6.18 Å². The maximum Gasteiger partial charge on any atom is 0.416 e. The Morgan fingerprint density at radius 2 is 1.79 bits per heavy atom. The first-order chi connectivity index (χ1) is 15.7. The second kappa shape index (κ2) is 8.73. The Hall–Kier alpha value is -4.21. The molecular formula is C23H16F4N4O2. The van der Waals surface area contributed by atoms with E-state index in [1.165, 1.54) is 18.3 Å². The minimum Gasteiger partial charge on any atom is -0.342 e. The van der Waals surface area contributed by atoms with Gasteiger partial charge in [-0.15, -0.1) is 0 Å². The molecule has 0 radical (unpaired) electrons. The molecule has 0 unspecified atom stereocenters. The smallest absolute Gasteiger partial charge is 0.342 e. The van der Waals surface area contributed by atoms with E-state index < -0.39 is 22.4 Å².